The molecule has 0 aliphatic carbocycles. The highest BCUT2D eigenvalue weighted by atomic mass is 35.5. The van der Waals surface area contributed by atoms with Gasteiger partial charge in [-0.15, -0.1) is 0 Å². The van der Waals surface area contributed by atoms with Gasteiger partial charge in [0.2, 0.25) is 0 Å². The Morgan fingerprint density at radius 2 is 1.73 bits per heavy atom. The lowest BCUT2D eigenvalue weighted by atomic mass is 9.73. The van der Waals surface area contributed by atoms with Gasteiger partial charge in [-0.2, -0.15) is 0 Å². The van der Waals surface area contributed by atoms with Gasteiger partial charge in [-0.05, 0) is 58.2 Å². The van der Waals surface area contributed by atoms with E-state index in [4.69, 9.17) is 32.7 Å². The summed E-state index contributed by atoms with van der Waals surface area (Å²) in [5.41, 5.74) is -0.825. The number of esters is 1. The quantitative estimate of drug-likeness (QED) is 0.558. The summed E-state index contributed by atoms with van der Waals surface area (Å²) in [6.45, 7) is 8.21. The molecule has 1 amide bonds. The van der Waals surface area contributed by atoms with Crippen LogP contribution < -0.4 is 0 Å². The summed E-state index contributed by atoms with van der Waals surface area (Å²) >= 11 is 12.1. The lowest BCUT2D eigenvalue weighted by molar-refractivity contribution is -0.152. The van der Waals surface area contributed by atoms with Gasteiger partial charge < -0.3 is 14.4 Å². The lowest BCUT2D eigenvalue weighted by Gasteiger charge is -2.40. The van der Waals surface area contributed by atoms with Crippen molar-refractivity contribution in [3.8, 4) is 0 Å². The lowest BCUT2D eigenvalue weighted by Crippen LogP contribution is -2.50. The van der Waals surface area contributed by atoms with Gasteiger partial charge in [-0.25, -0.2) is 9.78 Å². The van der Waals surface area contributed by atoms with Crippen molar-refractivity contribution >= 4 is 35.3 Å². The molecule has 8 heteroatoms. The monoisotopic (exact) mass is 402 g/mol. The molecule has 1 fully saturated rings. The maximum Gasteiger partial charge on any atom is 0.410 e. The summed E-state index contributed by atoms with van der Waals surface area (Å²) < 4.78 is 10.7. The van der Waals surface area contributed by atoms with E-state index in [1.165, 1.54) is 0 Å². The van der Waals surface area contributed by atoms with Crippen LogP contribution in [0.2, 0.25) is 10.3 Å². The molecular formula is C18H24Cl2N2O4. The number of likely N-dealkylation sites (tertiary alicyclic amines) is 1. The number of halogens is 2. The van der Waals surface area contributed by atoms with E-state index in [0.717, 1.165) is 0 Å². The summed E-state index contributed by atoms with van der Waals surface area (Å²) in [5, 5.41) is 0.427. The molecule has 0 atom stereocenters. The van der Waals surface area contributed by atoms with Crippen molar-refractivity contribution in [1.29, 1.82) is 0 Å². The Labute approximate surface area is 163 Å². The third-order valence-corrected chi connectivity index (χ3v) is 4.64. The average Bonchev–Trinajstić information content (AvgIpc) is 2.52. The summed E-state index contributed by atoms with van der Waals surface area (Å²) in [6, 6.07) is 3.26. The smallest absolute Gasteiger partial charge is 0.410 e. The molecule has 1 aliphatic heterocycles. The van der Waals surface area contributed by atoms with E-state index in [1.807, 2.05) is 20.8 Å². The number of hydrogen-bond donors (Lipinski definition) is 0. The summed E-state index contributed by atoms with van der Waals surface area (Å²) in [6.07, 6.45) is 0.393. The van der Waals surface area contributed by atoms with Crippen molar-refractivity contribution in [2.24, 2.45) is 0 Å². The summed E-state index contributed by atoms with van der Waals surface area (Å²) in [5.74, 6) is -0.345. The number of carbonyl (C=O) groups is 2. The summed E-state index contributed by atoms with van der Waals surface area (Å²) in [4.78, 5) is 30.6. The van der Waals surface area contributed by atoms with E-state index in [-0.39, 0.29) is 29.0 Å². The molecule has 144 valence electrons. The van der Waals surface area contributed by atoms with Crippen LogP contribution >= 0.6 is 23.2 Å². The van der Waals surface area contributed by atoms with Crippen molar-refractivity contribution in [3.63, 3.8) is 0 Å². The van der Waals surface area contributed by atoms with Crippen molar-refractivity contribution in [1.82, 2.24) is 9.88 Å². The van der Waals surface area contributed by atoms with Crippen LogP contribution in [0, 0.1) is 0 Å². The molecule has 6 nitrogen and oxygen atoms in total. The molecule has 0 spiro atoms. The predicted octanol–water partition coefficient (Wildman–Crippen LogP) is 4.22. The van der Waals surface area contributed by atoms with Crippen LogP contribution in [0.5, 0.6) is 0 Å². The number of ether oxygens (including phenoxy) is 2. The van der Waals surface area contributed by atoms with E-state index in [2.05, 4.69) is 4.98 Å². The zero-order valence-corrected chi connectivity index (χ0v) is 17.0. The zero-order valence-electron chi connectivity index (χ0n) is 15.5. The Balaban J connectivity index is 2.26. The average molecular weight is 403 g/mol. The number of pyridine rings is 1. The highest BCUT2D eigenvalue weighted by Crippen LogP contribution is 2.39. The topological polar surface area (TPSA) is 68.7 Å². The second kappa shape index (κ2) is 8.01. The van der Waals surface area contributed by atoms with Crippen molar-refractivity contribution < 1.29 is 19.1 Å². The first kappa shape index (κ1) is 20.8. The first-order valence-electron chi connectivity index (χ1n) is 8.56. The number of rotatable bonds is 3. The van der Waals surface area contributed by atoms with E-state index in [0.29, 0.717) is 31.5 Å². The first-order valence-corrected chi connectivity index (χ1v) is 9.32. The highest BCUT2D eigenvalue weighted by Gasteiger charge is 2.46. The first-order chi connectivity index (χ1) is 12.1. The Kier molecular flexibility index (Phi) is 6.40. The van der Waals surface area contributed by atoms with Gasteiger partial charge in [-0.1, -0.05) is 23.2 Å². The third-order valence-electron chi connectivity index (χ3n) is 4.25. The van der Waals surface area contributed by atoms with E-state index < -0.39 is 11.0 Å². The van der Waals surface area contributed by atoms with Crippen LogP contribution in [-0.2, 0) is 19.7 Å². The molecule has 2 heterocycles. The molecule has 2 rings (SSSR count). The molecule has 1 aliphatic rings. The highest BCUT2D eigenvalue weighted by molar-refractivity contribution is 6.32. The van der Waals surface area contributed by atoms with Gasteiger partial charge >= 0.3 is 12.1 Å². The van der Waals surface area contributed by atoms with E-state index in [1.54, 1.807) is 24.0 Å². The van der Waals surface area contributed by atoms with Gasteiger partial charge in [0.25, 0.3) is 0 Å². The molecule has 0 N–H and O–H groups in total. The van der Waals surface area contributed by atoms with Gasteiger partial charge in [0.15, 0.2) is 0 Å². The maximum atomic E-state index is 12.8. The molecule has 0 saturated carbocycles. The van der Waals surface area contributed by atoms with Crippen LogP contribution in [0.1, 0.15) is 46.1 Å². The largest absolute Gasteiger partial charge is 0.465 e. The molecule has 0 unspecified atom stereocenters. The van der Waals surface area contributed by atoms with Crippen molar-refractivity contribution in [3.05, 3.63) is 28.0 Å². The molecule has 26 heavy (non-hydrogen) atoms. The van der Waals surface area contributed by atoms with Crippen molar-refractivity contribution in [2.45, 2.75) is 51.6 Å². The molecular weight excluding hydrogens is 379 g/mol. The van der Waals surface area contributed by atoms with E-state index in [9.17, 15) is 9.59 Å². The minimum Gasteiger partial charge on any atom is -0.465 e. The number of aromatic nitrogens is 1. The van der Waals surface area contributed by atoms with Crippen molar-refractivity contribution in [2.75, 3.05) is 19.7 Å². The standard InChI is InChI=1S/C18H24Cl2N2O4/c1-5-25-15(23)18(12-10-13(19)21-14(20)11-12)6-8-22(9-7-18)16(24)26-17(2,3)4/h10-11H,5-9H2,1-4H3. The van der Waals surface area contributed by atoms with E-state index >= 15 is 0 Å². The summed E-state index contributed by atoms with van der Waals surface area (Å²) in [7, 11) is 0. The number of amides is 1. The molecule has 1 saturated heterocycles. The molecule has 0 aromatic carbocycles. The predicted molar refractivity (Wildman–Crippen MR) is 99.6 cm³/mol. The third kappa shape index (κ3) is 4.80. The number of piperidine rings is 1. The van der Waals surface area contributed by atoms with Crippen LogP contribution in [0.15, 0.2) is 12.1 Å². The Hall–Kier alpha value is -1.53. The Bertz CT molecular complexity index is 660. The number of nitrogens with zero attached hydrogens (tertiary/aromatic N) is 2. The van der Waals surface area contributed by atoms with Gasteiger partial charge in [0, 0.05) is 13.1 Å². The fraction of sp³-hybridized carbons (Fsp3) is 0.611. The number of hydrogen-bond acceptors (Lipinski definition) is 5. The van der Waals surface area contributed by atoms with Gasteiger partial charge in [-0.3, -0.25) is 4.79 Å². The zero-order chi connectivity index (χ0) is 19.5. The Morgan fingerprint density at radius 1 is 1.19 bits per heavy atom. The van der Waals surface area contributed by atoms with Crippen LogP contribution in [0.3, 0.4) is 0 Å². The van der Waals surface area contributed by atoms with Crippen LogP contribution in [0.25, 0.3) is 0 Å². The fourth-order valence-corrected chi connectivity index (χ4v) is 3.48. The minimum atomic E-state index is -0.912. The Morgan fingerprint density at radius 3 is 2.19 bits per heavy atom. The second-order valence-electron chi connectivity index (χ2n) is 7.27. The minimum absolute atomic E-state index is 0.214. The molecule has 0 bridgehead atoms. The number of carbonyl (C=O) groups excluding carboxylic acids is 2. The molecule has 1 aromatic rings. The second-order valence-corrected chi connectivity index (χ2v) is 8.05. The van der Waals surface area contributed by atoms with Gasteiger partial charge in [0.1, 0.15) is 15.9 Å². The molecule has 0 radical (unpaired) electrons. The SMILES string of the molecule is CCOC(=O)C1(c2cc(Cl)nc(Cl)c2)CCN(C(=O)OC(C)(C)C)CC1. The fourth-order valence-electron chi connectivity index (χ4n) is 3.02. The maximum absolute atomic E-state index is 12.8. The van der Waals surface area contributed by atoms with Gasteiger partial charge in [0.05, 0.1) is 12.0 Å². The van der Waals surface area contributed by atoms with Crippen LogP contribution in [-0.4, -0.2) is 47.2 Å². The normalized spacial score (nSPS) is 16.9. The van der Waals surface area contributed by atoms with Crippen LogP contribution in [0.4, 0.5) is 4.79 Å². The molecule has 1 aromatic heterocycles.